The average molecular weight is 303 g/mol. The highest BCUT2D eigenvalue weighted by molar-refractivity contribution is 5.94. The van der Waals surface area contributed by atoms with Gasteiger partial charge in [0.25, 0.3) is 0 Å². The van der Waals surface area contributed by atoms with Crippen LogP contribution in [0.1, 0.15) is 28.8 Å². The lowest BCUT2D eigenvalue weighted by Crippen LogP contribution is -2.28. The molecule has 1 aliphatic rings. The van der Waals surface area contributed by atoms with Gasteiger partial charge < -0.3 is 14.7 Å². The summed E-state index contributed by atoms with van der Waals surface area (Å²) in [7, 11) is 1.30. The molecule has 0 aliphatic carbocycles. The van der Waals surface area contributed by atoms with Crippen molar-refractivity contribution in [2.24, 2.45) is 0 Å². The second-order valence-electron chi connectivity index (χ2n) is 5.01. The van der Waals surface area contributed by atoms with E-state index in [0.717, 1.165) is 6.42 Å². The Kier molecular flexibility index (Phi) is 4.93. The minimum Gasteiger partial charge on any atom is -0.478 e. The van der Waals surface area contributed by atoms with Crippen LogP contribution in [0.5, 0.6) is 0 Å². The van der Waals surface area contributed by atoms with E-state index in [4.69, 9.17) is 0 Å². The Hall–Kier alpha value is -2.63. The van der Waals surface area contributed by atoms with E-state index < -0.39 is 11.9 Å². The molecule has 0 bridgehead atoms. The summed E-state index contributed by atoms with van der Waals surface area (Å²) >= 11 is 0. The second kappa shape index (κ2) is 6.89. The highest BCUT2D eigenvalue weighted by atomic mass is 16.5. The molecule has 1 N–H and O–H groups in total. The van der Waals surface area contributed by atoms with Crippen LogP contribution < -0.4 is 0 Å². The molecular weight excluding hydrogens is 286 g/mol. The quantitative estimate of drug-likeness (QED) is 0.659. The molecule has 6 nitrogen and oxygen atoms in total. The van der Waals surface area contributed by atoms with Gasteiger partial charge in [-0.25, -0.2) is 9.59 Å². The number of nitrogens with zero attached hydrogens (tertiary/aromatic N) is 1. The van der Waals surface area contributed by atoms with E-state index in [1.165, 1.54) is 13.2 Å². The summed E-state index contributed by atoms with van der Waals surface area (Å²) in [5.74, 6) is -1.53. The predicted octanol–water partition coefficient (Wildman–Crippen LogP) is 1.56. The maximum atomic E-state index is 11.6. The number of methoxy groups -OCH3 is 1. The number of carbonyl (C=O) groups is 3. The Labute approximate surface area is 128 Å². The van der Waals surface area contributed by atoms with Crippen molar-refractivity contribution in [2.75, 3.05) is 20.2 Å². The maximum Gasteiger partial charge on any atom is 0.337 e. The van der Waals surface area contributed by atoms with Gasteiger partial charge in [-0.1, -0.05) is 12.1 Å². The number of carbonyl (C=O) groups excluding carboxylic acids is 2. The molecule has 22 heavy (non-hydrogen) atoms. The van der Waals surface area contributed by atoms with Crippen molar-refractivity contribution in [3.8, 4) is 0 Å². The molecule has 1 aromatic carbocycles. The van der Waals surface area contributed by atoms with Gasteiger partial charge in [-0.2, -0.15) is 0 Å². The van der Waals surface area contributed by atoms with Crippen LogP contribution in [0.3, 0.4) is 0 Å². The zero-order chi connectivity index (χ0) is 16.1. The van der Waals surface area contributed by atoms with Gasteiger partial charge in [-0.05, 0) is 30.2 Å². The third kappa shape index (κ3) is 3.72. The van der Waals surface area contributed by atoms with Crippen molar-refractivity contribution >= 4 is 23.9 Å². The molecule has 0 atom stereocenters. The Morgan fingerprint density at radius 2 is 2.00 bits per heavy atom. The Bertz CT molecular complexity index is 618. The lowest BCUT2D eigenvalue weighted by molar-refractivity contribution is -0.133. The molecule has 6 heteroatoms. The Balaban J connectivity index is 2.17. The summed E-state index contributed by atoms with van der Waals surface area (Å²) in [5, 5.41) is 9.28. The van der Waals surface area contributed by atoms with Crippen molar-refractivity contribution in [1.29, 1.82) is 0 Å². The number of likely N-dealkylation sites (tertiary alicyclic amines) is 1. The van der Waals surface area contributed by atoms with Crippen LogP contribution in [0, 0.1) is 0 Å². The third-order valence-electron chi connectivity index (χ3n) is 3.48. The van der Waals surface area contributed by atoms with Crippen LogP contribution in [-0.2, 0) is 14.3 Å². The van der Waals surface area contributed by atoms with Crippen LogP contribution in [0.4, 0.5) is 0 Å². The summed E-state index contributed by atoms with van der Waals surface area (Å²) in [6.45, 7) is 0.678. The topological polar surface area (TPSA) is 83.9 Å². The minimum absolute atomic E-state index is 0.0202. The molecule has 0 saturated carbocycles. The van der Waals surface area contributed by atoms with Gasteiger partial charge in [0.1, 0.15) is 0 Å². The van der Waals surface area contributed by atoms with E-state index >= 15 is 0 Å². The molecular formula is C16H17NO5. The number of carboxylic acids is 1. The monoisotopic (exact) mass is 303 g/mol. The third-order valence-corrected chi connectivity index (χ3v) is 3.48. The first-order chi connectivity index (χ1) is 10.5. The molecule has 1 aromatic rings. The highest BCUT2D eigenvalue weighted by Crippen LogP contribution is 2.15. The molecule has 0 aromatic heterocycles. The fourth-order valence-electron chi connectivity index (χ4n) is 2.29. The molecule has 1 aliphatic heterocycles. The van der Waals surface area contributed by atoms with Gasteiger partial charge in [0.05, 0.1) is 24.8 Å². The second-order valence-corrected chi connectivity index (χ2v) is 5.01. The van der Waals surface area contributed by atoms with E-state index in [-0.39, 0.29) is 18.0 Å². The SMILES string of the molecule is COC(=O)c1ccc(/C=C(/CN2CCCC2=O)C(=O)O)cc1. The summed E-state index contributed by atoms with van der Waals surface area (Å²) in [5.41, 5.74) is 1.18. The van der Waals surface area contributed by atoms with Crippen LogP contribution in [-0.4, -0.2) is 48.1 Å². The van der Waals surface area contributed by atoms with E-state index in [1.54, 1.807) is 29.2 Å². The first-order valence-electron chi connectivity index (χ1n) is 6.91. The van der Waals surface area contributed by atoms with E-state index in [0.29, 0.717) is 24.1 Å². The Morgan fingerprint density at radius 3 is 2.50 bits per heavy atom. The first-order valence-corrected chi connectivity index (χ1v) is 6.91. The van der Waals surface area contributed by atoms with Gasteiger partial charge in [-0.15, -0.1) is 0 Å². The van der Waals surface area contributed by atoms with Crippen molar-refractivity contribution in [1.82, 2.24) is 4.90 Å². The standard InChI is InChI=1S/C16H17NO5/c1-22-16(21)12-6-4-11(5-7-12)9-13(15(19)20)10-17-8-2-3-14(17)18/h4-7,9H,2-3,8,10H2,1H3,(H,19,20)/b13-9-. The van der Waals surface area contributed by atoms with Crippen LogP contribution >= 0.6 is 0 Å². The van der Waals surface area contributed by atoms with Gasteiger partial charge in [0.15, 0.2) is 0 Å². The molecule has 0 radical (unpaired) electrons. The van der Waals surface area contributed by atoms with Gasteiger partial charge in [-0.3, -0.25) is 4.79 Å². The van der Waals surface area contributed by atoms with E-state index in [1.807, 2.05) is 0 Å². The van der Waals surface area contributed by atoms with Gasteiger partial charge in [0, 0.05) is 13.0 Å². The molecule has 0 unspecified atom stereocenters. The van der Waals surface area contributed by atoms with E-state index in [9.17, 15) is 19.5 Å². The van der Waals surface area contributed by atoms with Crippen molar-refractivity contribution < 1.29 is 24.2 Å². The normalized spacial score (nSPS) is 15.0. The summed E-state index contributed by atoms with van der Waals surface area (Å²) < 4.78 is 4.60. The highest BCUT2D eigenvalue weighted by Gasteiger charge is 2.23. The van der Waals surface area contributed by atoms with Crippen molar-refractivity contribution in [3.05, 3.63) is 41.0 Å². The largest absolute Gasteiger partial charge is 0.478 e. The maximum absolute atomic E-state index is 11.6. The fraction of sp³-hybridized carbons (Fsp3) is 0.312. The number of aliphatic carboxylic acids is 1. The Morgan fingerprint density at radius 1 is 1.32 bits per heavy atom. The van der Waals surface area contributed by atoms with Gasteiger partial charge in [0.2, 0.25) is 5.91 Å². The average Bonchev–Trinajstić information content (AvgIpc) is 2.91. The number of amides is 1. The fourth-order valence-corrected chi connectivity index (χ4v) is 2.29. The summed E-state index contributed by atoms with van der Waals surface area (Å²) in [6.07, 6.45) is 2.75. The van der Waals surface area contributed by atoms with Crippen molar-refractivity contribution in [3.63, 3.8) is 0 Å². The zero-order valence-electron chi connectivity index (χ0n) is 12.2. The molecule has 1 amide bonds. The zero-order valence-corrected chi connectivity index (χ0v) is 12.2. The first kappa shape index (κ1) is 15.8. The van der Waals surface area contributed by atoms with E-state index in [2.05, 4.69) is 4.74 Å². The molecule has 2 rings (SSSR count). The number of esters is 1. The number of hydrogen-bond acceptors (Lipinski definition) is 4. The number of carboxylic acid groups (broad SMARTS) is 1. The number of hydrogen-bond donors (Lipinski definition) is 1. The smallest absolute Gasteiger partial charge is 0.337 e. The number of ether oxygens (including phenoxy) is 1. The molecule has 116 valence electrons. The van der Waals surface area contributed by atoms with Crippen LogP contribution in [0.15, 0.2) is 29.8 Å². The molecule has 0 spiro atoms. The molecule has 1 fully saturated rings. The minimum atomic E-state index is -1.06. The molecule has 1 saturated heterocycles. The number of rotatable bonds is 5. The molecule has 1 heterocycles. The lowest BCUT2D eigenvalue weighted by atomic mass is 10.1. The van der Waals surface area contributed by atoms with Gasteiger partial charge >= 0.3 is 11.9 Å². The lowest BCUT2D eigenvalue weighted by Gasteiger charge is -2.15. The van der Waals surface area contributed by atoms with Crippen molar-refractivity contribution in [2.45, 2.75) is 12.8 Å². The summed E-state index contributed by atoms with van der Waals surface area (Å²) in [4.78, 5) is 35.8. The number of benzene rings is 1. The summed E-state index contributed by atoms with van der Waals surface area (Å²) in [6, 6.07) is 6.41. The van der Waals surface area contributed by atoms with Crippen LogP contribution in [0.25, 0.3) is 6.08 Å². The van der Waals surface area contributed by atoms with Crippen LogP contribution in [0.2, 0.25) is 0 Å². The predicted molar refractivity (Wildman–Crippen MR) is 79.2 cm³/mol.